The lowest BCUT2D eigenvalue weighted by molar-refractivity contribution is 0.0991. The van der Waals surface area contributed by atoms with Crippen LogP contribution in [0.1, 0.15) is 9.80 Å². The summed E-state index contributed by atoms with van der Waals surface area (Å²) in [4.78, 5) is 14.4. The van der Waals surface area contributed by atoms with E-state index in [0.29, 0.717) is 9.97 Å². The van der Waals surface area contributed by atoms with Crippen molar-refractivity contribution in [1.82, 2.24) is 19.8 Å². The molecule has 0 radical (unpaired) electrons. The number of hydrogen-bond acceptors (Lipinski definition) is 5. The fourth-order valence-electron chi connectivity index (χ4n) is 1.56. The zero-order chi connectivity index (χ0) is 12.5. The topological polar surface area (TPSA) is 63.4 Å². The Morgan fingerprint density at radius 3 is 2.83 bits per heavy atom. The highest BCUT2D eigenvalue weighted by molar-refractivity contribution is 7.18. The van der Waals surface area contributed by atoms with Gasteiger partial charge in [-0.15, -0.1) is 15.3 Å². The summed E-state index contributed by atoms with van der Waals surface area (Å²) in [6, 6.07) is 9.43. The highest BCUT2D eigenvalue weighted by atomic mass is 32.1. The van der Waals surface area contributed by atoms with Crippen molar-refractivity contribution in [1.29, 1.82) is 0 Å². The molecule has 0 bridgehead atoms. The SMILES string of the molecule is CN(C(=O)c1nn2cnnc2s1)c1ccccc1. The van der Waals surface area contributed by atoms with Gasteiger partial charge < -0.3 is 4.90 Å². The van der Waals surface area contributed by atoms with Gasteiger partial charge in [0.05, 0.1) is 0 Å². The third kappa shape index (κ3) is 1.74. The first-order valence-corrected chi connectivity index (χ1v) is 6.07. The van der Waals surface area contributed by atoms with Gasteiger partial charge in [0.25, 0.3) is 5.91 Å². The van der Waals surface area contributed by atoms with Crippen molar-refractivity contribution >= 4 is 27.9 Å². The van der Waals surface area contributed by atoms with E-state index in [1.165, 1.54) is 22.2 Å². The van der Waals surface area contributed by atoms with E-state index in [1.807, 2.05) is 30.3 Å². The maximum Gasteiger partial charge on any atom is 0.288 e. The van der Waals surface area contributed by atoms with Crippen LogP contribution < -0.4 is 4.90 Å². The van der Waals surface area contributed by atoms with Crippen LogP contribution in [0.4, 0.5) is 5.69 Å². The molecule has 1 amide bonds. The van der Waals surface area contributed by atoms with Crippen LogP contribution in [0.2, 0.25) is 0 Å². The molecule has 18 heavy (non-hydrogen) atoms. The van der Waals surface area contributed by atoms with Crippen LogP contribution >= 0.6 is 11.3 Å². The monoisotopic (exact) mass is 259 g/mol. The van der Waals surface area contributed by atoms with E-state index in [9.17, 15) is 4.79 Å². The Labute approximate surface area is 106 Å². The number of aromatic nitrogens is 4. The van der Waals surface area contributed by atoms with Gasteiger partial charge in [0.15, 0.2) is 0 Å². The van der Waals surface area contributed by atoms with E-state index < -0.39 is 0 Å². The van der Waals surface area contributed by atoms with Crippen molar-refractivity contribution in [3.63, 3.8) is 0 Å². The molecule has 0 aliphatic carbocycles. The average Bonchev–Trinajstić information content (AvgIpc) is 2.99. The van der Waals surface area contributed by atoms with Gasteiger partial charge in [0.2, 0.25) is 9.97 Å². The van der Waals surface area contributed by atoms with Crippen molar-refractivity contribution in [3.8, 4) is 0 Å². The number of hydrogen-bond donors (Lipinski definition) is 0. The summed E-state index contributed by atoms with van der Waals surface area (Å²) >= 11 is 1.22. The standard InChI is InChI=1S/C11H9N5OS/c1-15(8-5-3-2-4-6-8)10(17)9-14-16-7-12-13-11(16)18-9/h2-7H,1H3. The molecule has 0 fully saturated rings. The molecule has 0 atom stereocenters. The molecule has 90 valence electrons. The minimum atomic E-state index is -0.156. The molecule has 0 saturated heterocycles. The van der Waals surface area contributed by atoms with E-state index in [1.54, 1.807) is 11.9 Å². The molecule has 2 aromatic heterocycles. The van der Waals surface area contributed by atoms with Crippen LogP contribution in [0, 0.1) is 0 Å². The number of anilines is 1. The Balaban J connectivity index is 1.93. The minimum absolute atomic E-state index is 0.156. The van der Waals surface area contributed by atoms with Crippen molar-refractivity contribution in [2.75, 3.05) is 11.9 Å². The molecule has 6 nitrogen and oxygen atoms in total. The van der Waals surface area contributed by atoms with Crippen LogP contribution in [-0.2, 0) is 0 Å². The first-order chi connectivity index (χ1) is 8.75. The fraction of sp³-hybridized carbons (Fsp3) is 0.0909. The summed E-state index contributed by atoms with van der Waals surface area (Å²) in [5, 5.41) is 12.1. The molecule has 1 aromatic carbocycles. The number of carbonyl (C=O) groups is 1. The molecule has 2 heterocycles. The predicted molar refractivity (Wildman–Crippen MR) is 67.8 cm³/mol. The van der Waals surface area contributed by atoms with Gasteiger partial charge in [0.1, 0.15) is 6.33 Å². The van der Waals surface area contributed by atoms with Gasteiger partial charge in [-0.05, 0) is 12.1 Å². The second-order valence-corrected chi connectivity index (χ2v) is 4.62. The Kier molecular flexibility index (Phi) is 2.52. The molecule has 0 unspecified atom stereocenters. The first-order valence-electron chi connectivity index (χ1n) is 5.25. The lowest BCUT2D eigenvalue weighted by Gasteiger charge is -2.14. The zero-order valence-corrected chi connectivity index (χ0v) is 10.3. The molecule has 7 heteroatoms. The number of fused-ring (bicyclic) bond motifs is 1. The Bertz CT molecular complexity index is 661. The second kappa shape index (κ2) is 4.19. The number of rotatable bonds is 2. The molecule has 0 spiro atoms. The van der Waals surface area contributed by atoms with Crippen LogP contribution in [-0.4, -0.2) is 32.8 Å². The molecule has 3 aromatic rings. The lowest BCUT2D eigenvalue weighted by Crippen LogP contribution is -2.26. The van der Waals surface area contributed by atoms with Gasteiger partial charge in [-0.25, -0.2) is 0 Å². The minimum Gasteiger partial charge on any atom is -0.309 e. The van der Waals surface area contributed by atoms with Crippen LogP contribution in [0.15, 0.2) is 36.7 Å². The zero-order valence-electron chi connectivity index (χ0n) is 9.52. The molecule has 0 aliphatic rings. The molecule has 0 saturated carbocycles. The van der Waals surface area contributed by atoms with Gasteiger partial charge in [0, 0.05) is 12.7 Å². The number of benzene rings is 1. The number of amides is 1. The average molecular weight is 259 g/mol. The molecule has 0 aliphatic heterocycles. The second-order valence-electron chi connectivity index (χ2n) is 3.67. The van der Waals surface area contributed by atoms with E-state index in [-0.39, 0.29) is 5.91 Å². The highest BCUT2D eigenvalue weighted by Gasteiger charge is 2.18. The maximum absolute atomic E-state index is 12.2. The van der Waals surface area contributed by atoms with E-state index in [2.05, 4.69) is 15.3 Å². The Morgan fingerprint density at radius 2 is 2.11 bits per heavy atom. The van der Waals surface area contributed by atoms with Crippen molar-refractivity contribution in [2.24, 2.45) is 0 Å². The summed E-state index contributed by atoms with van der Waals surface area (Å²) in [6.45, 7) is 0. The first kappa shape index (κ1) is 10.8. The summed E-state index contributed by atoms with van der Waals surface area (Å²) in [6.07, 6.45) is 1.48. The molecule has 3 rings (SSSR count). The third-order valence-electron chi connectivity index (χ3n) is 2.52. The highest BCUT2D eigenvalue weighted by Crippen LogP contribution is 2.18. The quantitative estimate of drug-likeness (QED) is 0.699. The van der Waals surface area contributed by atoms with Crippen LogP contribution in [0.3, 0.4) is 0 Å². The largest absolute Gasteiger partial charge is 0.309 e. The Hall–Kier alpha value is -2.28. The summed E-state index contributed by atoms with van der Waals surface area (Å²) in [5.41, 5.74) is 0.827. The normalized spacial score (nSPS) is 10.7. The summed E-state index contributed by atoms with van der Waals surface area (Å²) < 4.78 is 1.50. The fourth-order valence-corrected chi connectivity index (χ4v) is 2.35. The lowest BCUT2D eigenvalue weighted by atomic mass is 10.3. The smallest absolute Gasteiger partial charge is 0.288 e. The van der Waals surface area contributed by atoms with Gasteiger partial charge in [-0.1, -0.05) is 29.5 Å². The predicted octanol–water partition coefficient (Wildman–Crippen LogP) is 1.46. The maximum atomic E-state index is 12.2. The molecule has 0 N–H and O–H groups in total. The van der Waals surface area contributed by atoms with E-state index in [4.69, 9.17) is 0 Å². The van der Waals surface area contributed by atoms with E-state index in [0.717, 1.165) is 5.69 Å². The van der Waals surface area contributed by atoms with E-state index >= 15 is 0 Å². The van der Waals surface area contributed by atoms with Crippen molar-refractivity contribution in [3.05, 3.63) is 41.7 Å². The van der Waals surface area contributed by atoms with Crippen molar-refractivity contribution < 1.29 is 4.79 Å². The summed E-state index contributed by atoms with van der Waals surface area (Å²) in [5.74, 6) is -0.156. The number of nitrogens with zero attached hydrogens (tertiary/aromatic N) is 5. The molecular weight excluding hydrogens is 250 g/mol. The number of para-hydroxylation sites is 1. The van der Waals surface area contributed by atoms with Crippen molar-refractivity contribution in [2.45, 2.75) is 0 Å². The molecular formula is C11H9N5OS. The third-order valence-corrected chi connectivity index (χ3v) is 3.42. The van der Waals surface area contributed by atoms with Crippen LogP contribution in [0.25, 0.3) is 4.96 Å². The van der Waals surface area contributed by atoms with Gasteiger partial charge in [-0.2, -0.15) is 4.52 Å². The van der Waals surface area contributed by atoms with Crippen LogP contribution in [0.5, 0.6) is 0 Å². The van der Waals surface area contributed by atoms with Gasteiger partial charge in [-0.3, -0.25) is 4.79 Å². The Morgan fingerprint density at radius 1 is 1.33 bits per heavy atom. The number of carbonyl (C=O) groups excluding carboxylic acids is 1. The summed E-state index contributed by atoms with van der Waals surface area (Å²) in [7, 11) is 1.72. The van der Waals surface area contributed by atoms with Gasteiger partial charge >= 0.3 is 0 Å².